The lowest BCUT2D eigenvalue weighted by Gasteiger charge is -2.14. The molecule has 0 unspecified atom stereocenters. The van der Waals surface area contributed by atoms with E-state index in [1.165, 1.54) is 13.2 Å². The van der Waals surface area contributed by atoms with Gasteiger partial charge in [-0.1, -0.05) is 42.0 Å². The van der Waals surface area contributed by atoms with Gasteiger partial charge >= 0.3 is 0 Å². The second-order valence-corrected chi connectivity index (χ2v) is 9.96. The topological polar surface area (TPSA) is 91.7 Å². The average Bonchev–Trinajstić information content (AvgIpc) is 3.16. The summed E-state index contributed by atoms with van der Waals surface area (Å²) in [4.78, 5) is 0.227. The Labute approximate surface area is 207 Å². The zero-order valence-corrected chi connectivity index (χ0v) is 21.1. The maximum absolute atomic E-state index is 13.2. The lowest BCUT2D eigenvalue weighted by atomic mass is 10.2. The number of anilines is 1. The highest BCUT2D eigenvalue weighted by atomic mass is 35.5. The van der Waals surface area contributed by atoms with Gasteiger partial charge in [0.2, 0.25) is 0 Å². The molecule has 4 rings (SSSR count). The van der Waals surface area contributed by atoms with Crippen LogP contribution in [-0.2, 0) is 16.6 Å². The van der Waals surface area contributed by atoms with Gasteiger partial charge in [0.05, 0.1) is 38.8 Å². The molecule has 0 atom stereocenters. The van der Waals surface area contributed by atoms with Crippen LogP contribution in [0.4, 0.5) is 5.82 Å². The molecule has 34 heavy (non-hydrogen) atoms. The number of sulfonamides is 1. The Balaban J connectivity index is 1.78. The molecule has 0 amide bonds. The molecule has 0 radical (unpaired) electrons. The molecule has 0 saturated carbocycles. The normalized spacial score (nSPS) is 13.9. The number of nitrogens with zero attached hydrogens (tertiary/aromatic N) is 2. The molecule has 11 heteroatoms. The van der Waals surface area contributed by atoms with E-state index in [0.29, 0.717) is 39.7 Å². The smallest absolute Gasteiger partial charge is 0.264 e. The van der Waals surface area contributed by atoms with Crippen LogP contribution in [0, 0.1) is 0 Å². The fourth-order valence-corrected chi connectivity index (χ4v) is 5.57. The third-order valence-corrected chi connectivity index (χ3v) is 7.47. The molecule has 0 fully saturated rings. The van der Waals surface area contributed by atoms with Crippen LogP contribution in [0.5, 0.6) is 17.2 Å². The number of halogens is 1. The van der Waals surface area contributed by atoms with Crippen molar-refractivity contribution in [1.82, 2.24) is 9.78 Å². The van der Waals surface area contributed by atoms with E-state index in [1.807, 2.05) is 24.3 Å². The number of nitrogens with one attached hydrogen (secondary N) is 1. The minimum absolute atomic E-state index is 0.0486. The summed E-state index contributed by atoms with van der Waals surface area (Å²) >= 11 is 11.3. The summed E-state index contributed by atoms with van der Waals surface area (Å²) in [6.07, 6.45) is 3.29. The van der Waals surface area contributed by atoms with Crippen molar-refractivity contribution in [2.75, 3.05) is 26.1 Å². The maximum atomic E-state index is 13.2. The van der Waals surface area contributed by atoms with Crippen LogP contribution >= 0.6 is 23.8 Å². The van der Waals surface area contributed by atoms with Gasteiger partial charge in [-0.3, -0.25) is 9.40 Å². The van der Waals surface area contributed by atoms with Crippen LogP contribution in [0.25, 0.3) is 10.9 Å². The van der Waals surface area contributed by atoms with E-state index in [0.717, 1.165) is 5.56 Å². The van der Waals surface area contributed by atoms with Crippen molar-refractivity contribution >= 4 is 55.4 Å². The maximum Gasteiger partial charge on any atom is 0.264 e. The Morgan fingerprint density at radius 1 is 1.09 bits per heavy atom. The molecular formula is C23H22ClN3O5S2. The number of fused-ring (bicyclic) bond motifs is 1. The quantitative estimate of drug-likeness (QED) is 0.434. The Bertz CT molecular complexity index is 1440. The van der Waals surface area contributed by atoms with Crippen molar-refractivity contribution < 1.29 is 22.6 Å². The van der Waals surface area contributed by atoms with Crippen LogP contribution in [0.2, 0.25) is 0 Å². The first kappa shape index (κ1) is 24.1. The van der Waals surface area contributed by atoms with E-state index in [-0.39, 0.29) is 22.0 Å². The Morgan fingerprint density at radius 2 is 1.82 bits per heavy atom. The summed E-state index contributed by atoms with van der Waals surface area (Å²) in [6.45, 7) is 0.349. The minimum Gasteiger partial charge on any atom is -0.496 e. The van der Waals surface area contributed by atoms with E-state index in [9.17, 15) is 8.42 Å². The number of hydrogen-bond donors (Lipinski definition) is 1. The summed E-state index contributed by atoms with van der Waals surface area (Å²) in [5.74, 6) is 1.79. The van der Waals surface area contributed by atoms with Gasteiger partial charge in [0.15, 0.2) is 17.3 Å². The molecule has 1 N–H and O–H groups in total. The zero-order valence-electron chi connectivity index (χ0n) is 18.7. The largest absolute Gasteiger partial charge is 0.496 e. The summed E-state index contributed by atoms with van der Waals surface area (Å²) < 4.78 is 46.9. The van der Waals surface area contributed by atoms with Gasteiger partial charge in [-0.2, -0.15) is 5.10 Å². The molecular weight excluding hydrogens is 498 g/mol. The van der Waals surface area contributed by atoms with Crippen LogP contribution < -0.4 is 18.9 Å². The number of aromatic nitrogens is 2. The standard InChI is InChI=1S/C23H22ClN3O5S2/c1-30-17-9-7-14(11-19(17)32-3)13-27-16-5-4-6-18(31-2)22(16)23(25-27)26-34(28,29)21-12-15(24)8-10-20(21)33/h4-9,11-12H,10,13H2,1-3H3,(H,25,26). The monoisotopic (exact) mass is 519 g/mol. The van der Waals surface area contributed by atoms with Gasteiger partial charge < -0.3 is 14.2 Å². The lowest BCUT2D eigenvalue weighted by molar-refractivity contribution is 0.354. The highest BCUT2D eigenvalue weighted by molar-refractivity contribution is 7.99. The van der Waals surface area contributed by atoms with Crippen LogP contribution in [-0.4, -0.2) is 44.4 Å². The fraction of sp³-hybridized carbons (Fsp3) is 0.217. The van der Waals surface area contributed by atoms with Crippen molar-refractivity contribution in [1.29, 1.82) is 0 Å². The van der Waals surface area contributed by atoms with Gasteiger partial charge in [0, 0.05) is 16.3 Å². The third-order valence-electron chi connectivity index (χ3n) is 5.29. The van der Waals surface area contributed by atoms with Crippen molar-refractivity contribution in [2.24, 2.45) is 0 Å². The van der Waals surface area contributed by atoms with Crippen molar-refractivity contribution in [3.8, 4) is 17.2 Å². The molecule has 1 aliphatic carbocycles. The first-order chi connectivity index (χ1) is 16.3. The highest BCUT2D eigenvalue weighted by Crippen LogP contribution is 2.35. The molecule has 3 aromatic rings. The molecule has 8 nitrogen and oxygen atoms in total. The number of ether oxygens (including phenoxy) is 3. The number of hydrogen-bond acceptors (Lipinski definition) is 7. The lowest BCUT2D eigenvalue weighted by Crippen LogP contribution is -2.21. The predicted molar refractivity (Wildman–Crippen MR) is 137 cm³/mol. The van der Waals surface area contributed by atoms with Crippen molar-refractivity contribution in [3.05, 3.63) is 64.1 Å². The van der Waals surface area contributed by atoms with E-state index in [1.54, 1.807) is 37.1 Å². The molecule has 0 saturated heterocycles. The summed E-state index contributed by atoms with van der Waals surface area (Å²) in [7, 11) is 0.612. The molecule has 1 heterocycles. The molecule has 0 spiro atoms. The van der Waals surface area contributed by atoms with E-state index in [4.69, 9.17) is 38.0 Å². The fourth-order valence-electron chi connectivity index (χ4n) is 3.68. The second kappa shape index (κ2) is 9.65. The van der Waals surface area contributed by atoms with Crippen molar-refractivity contribution in [3.63, 3.8) is 0 Å². The van der Waals surface area contributed by atoms with E-state index < -0.39 is 10.0 Å². The van der Waals surface area contributed by atoms with Crippen molar-refractivity contribution in [2.45, 2.75) is 13.0 Å². The molecule has 2 aromatic carbocycles. The molecule has 1 aromatic heterocycles. The van der Waals surface area contributed by atoms with Crippen LogP contribution in [0.3, 0.4) is 0 Å². The van der Waals surface area contributed by atoms with Crippen LogP contribution in [0.1, 0.15) is 12.0 Å². The Morgan fingerprint density at radius 3 is 2.53 bits per heavy atom. The predicted octanol–water partition coefficient (Wildman–Crippen LogP) is 4.63. The highest BCUT2D eigenvalue weighted by Gasteiger charge is 2.27. The second-order valence-electron chi connectivity index (χ2n) is 7.38. The van der Waals surface area contributed by atoms with Gasteiger partial charge in [0.1, 0.15) is 10.7 Å². The summed E-state index contributed by atoms with van der Waals surface area (Å²) in [5.41, 5.74) is 1.57. The third kappa shape index (κ3) is 4.61. The zero-order chi connectivity index (χ0) is 24.5. The number of benzene rings is 2. The van der Waals surface area contributed by atoms with E-state index in [2.05, 4.69) is 9.82 Å². The van der Waals surface area contributed by atoms with Gasteiger partial charge in [-0.15, -0.1) is 0 Å². The molecule has 0 bridgehead atoms. The van der Waals surface area contributed by atoms with Crippen LogP contribution in [0.15, 0.2) is 58.5 Å². The first-order valence-electron chi connectivity index (χ1n) is 10.1. The average molecular weight is 520 g/mol. The number of rotatable bonds is 8. The number of methoxy groups -OCH3 is 3. The first-order valence-corrected chi connectivity index (χ1v) is 12.4. The Hall–Kier alpha value is -3.08. The summed E-state index contributed by atoms with van der Waals surface area (Å²) in [6, 6.07) is 10.9. The van der Waals surface area contributed by atoms with Gasteiger partial charge in [0.25, 0.3) is 10.0 Å². The van der Waals surface area contributed by atoms with Gasteiger partial charge in [-0.05, 0) is 35.9 Å². The van der Waals surface area contributed by atoms with Gasteiger partial charge in [-0.25, -0.2) is 8.42 Å². The summed E-state index contributed by atoms with van der Waals surface area (Å²) in [5, 5.41) is 5.41. The molecule has 0 aliphatic heterocycles. The van der Waals surface area contributed by atoms with E-state index >= 15 is 0 Å². The molecule has 178 valence electrons. The SMILES string of the molecule is COc1ccc(Cn2nc(NS(=O)(=O)C3=CC(Cl)=CCC3=S)c3c(OC)cccc32)cc1OC. The minimum atomic E-state index is -4.04. The number of allylic oxidation sites excluding steroid dienone is 4. The molecule has 1 aliphatic rings. The number of thiocarbonyl (C=S) groups is 1. The Kier molecular flexibility index (Phi) is 6.83.